The number of amides is 1. The average Bonchev–Trinajstić information content (AvgIpc) is 2.98. The Morgan fingerprint density at radius 3 is 2.92 bits per heavy atom. The van der Waals surface area contributed by atoms with E-state index in [0.717, 1.165) is 54.0 Å². The lowest BCUT2D eigenvalue weighted by molar-refractivity contribution is -0.121. The number of carbonyl (C=O) groups excluding carboxylic acids is 1. The van der Waals surface area contributed by atoms with Gasteiger partial charge in [-0.3, -0.25) is 4.79 Å². The predicted octanol–water partition coefficient (Wildman–Crippen LogP) is 2.59. The van der Waals surface area contributed by atoms with Gasteiger partial charge in [0.2, 0.25) is 11.9 Å². The Labute approximate surface area is 152 Å². The molecule has 0 spiro atoms. The molecule has 0 aliphatic carbocycles. The number of nitrogens with one attached hydrogen (secondary N) is 2. The number of H-pyrrole nitrogens is 1. The summed E-state index contributed by atoms with van der Waals surface area (Å²) in [4.78, 5) is 26.8. The van der Waals surface area contributed by atoms with Crippen molar-refractivity contribution in [2.45, 2.75) is 32.2 Å². The summed E-state index contributed by atoms with van der Waals surface area (Å²) in [6.45, 7) is 3.71. The number of anilines is 1. The molecule has 0 radical (unpaired) electrons. The van der Waals surface area contributed by atoms with Crippen LogP contribution in [-0.4, -0.2) is 40.0 Å². The minimum absolute atomic E-state index is 0.0682. The van der Waals surface area contributed by atoms with Crippen molar-refractivity contribution in [3.63, 3.8) is 0 Å². The first kappa shape index (κ1) is 16.6. The van der Waals surface area contributed by atoms with E-state index in [2.05, 4.69) is 31.2 Å². The van der Waals surface area contributed by atoms with Gasteiger partial charge in [0.25, 0.3) is 0 Å². The first-order valence-electron chi connectivity index (χ1n) is 9.08. The Hall–Kier alpha value is -2.89. The van der Waals surface area contributed by atoms with Gasteiger partial charge < -0.3 is 15.2 Å². The Morgan fingerprint density at radius 2 is 2.08 bits per heavy atom. The molecule has 6 nitrogen and oxygen atoms in total. The van der Waals surface area contributed by atoms with Gasteiger partial charge in [0.05, 0.1) is 6.42 Å². The van der Waals surface area contributed by atoms with E-state index in [9.17, 15) is 4.79 Å². The Morgan fingerprint density at radius 1 is 1.27 bits per heavy atom. The van der Waals surface area contributed by atoms with Gasteiger partial charge in [0.15, 0.2) is 0 Å². The molecular formula is C20H23N5O. The molecule has 1 aliphatic rings. The fourth-order valence-corrected chi connectivity index (χ4v) is 3.73. The number of nitrogens with zero attached hydrogens (tertiary/aromatic N) is 3. The number of hydrogen-bond acceptors (Lipinski definition) is 4. The Bertz CT molecular complexity index is 905. The lowest BCUT2D eigenvalue weighted by Crippen LogP contribution is -2.48. The van der Waals surface area contributed by atoms with Crippen molar-refractivity contribution in [1.82, 2.24) is 20.3 Å². The standard InChI is InChI=1S/C20H23N5O/c1-14-17(16-7-2-3-8-18(16)23-14)12-19(26)24-15-6-4-11-25(13-15)20-21-9-5-10-22-20/h2-3,5,7-10,15,23H,4,6,11-13H2,1H3,(H,24,26). The van der Waals surface area contributed by atoms with Gasteiger partial charge in [0, 0.05) is 48.1 Å². The van der Waals surface area contributed by atoms with Gasteiger partial charge in [0.1, 0.15) is 0 Å². The van der Waals surface area contributed by atoms with E-state index in [4.69, 9.17) is 0 Å². The minimum atomic E-state index is 0.0682. The Kier molecular flexibility index (Phi) is 4.56. The van der Waals surface area contributed by atoms with Crippen molar-refractivity contribution in [3.05, 3.63) is 54.0 Å². The summed E-state index contributed by atoms with van der Waals surface area (Å²) in [5.74, 6) is 0.803. The zero-order valence-corrected chi connectivity index (χ0v) is 14.9. The van der Waals surface area contributed by atoms with Crippen molar-refractivity contribution < 1.29 is 4.79 Å². The molecule has 3 heterocycles. The molecule has 1 amide bonds. The molecule has 1 aliphatic heterocycles. The van der Waals surface area contributed by atoms with Crippen molar-refractivity contribution in [3.8, 4) is 0 Å². The highest BCUT2D eigenvalue weighted by molar-refractivity contribution is 5.90. The van der Waals surface area contributed by atoms with Crippen molar-refractivity contribution >= 4 is 22.8 Å². The maximum Gasteiger partial charge on any atom is 0.225 e. The van der Waals surface area contributed by atoms with Crippen LogP contribution in [0.1, 0.15) is 24.1 Å². The summed E-state index contributed by atoms with van der Waals surface area (Å²) in [7, 11) is 0. The maximum absolute atomic E-state index is 12.6. The number of fused-ring (bicyclic) bond motifs is 1. The zero-order chi connectivity index (χ0) is 17.9. The van der Waals surface area contributed by atoms with Crippen LogP contribution in [0.25, 0.3) is 10.9 Å². The van der Waals surface area contributed by atoms with Crippen LogP contribution in [0, 0.1) is 6.92 Å². The molecule has 0 saturated carbocycles. The molecule has 6 heteroatoms. The number of benzene rings is 1. The largest absolute Gasteiger partial charge is 0.358 e. The number of aromatic amines is 1. The van der Waals surface area contributed by atoms with E-state index < -0.39 is 0 Å². The monoisotopic (exact) mass is 349 g/mol. The number of carbonyl (C=O) groups is 1. The van der Waals surface area contributed by atoms with E-state index in [1.54, 1.807) is 12.4 Å². The summed E-state index contributed by atoms with van der Waals surface area (Å²) in [6.07, 6.45) is 5.92. The lowest BCUT2D eigenvalue weighted by Gasteiger charge is -2.33. The molecular weight excluding hydrogens is 326 g/mol. The molecule has 26 heavy (non-hydrogen) atoms. The number of rotatable bonds is 4. The minimum Gasteiger partial charge on any atom is -0.358 e. The van der Waals surface area contributed by atoms with Crippen molar-refractivity contribution in [1.29, 1.82) is 0 Å². The first-order chi connectivity index (χ1) is 12.7. The van der Waals surface area contributed by atoms with Crippen molar-refractivity contribution in [2.24, 2.45) is 0 Å². The van der Waals surface area contributed by atoms with E-state index in [1.165, 1.54) is 0 Å². The third kappa shape index (κ3) is 3.40. The molecule has 1 fully saturated rings. The molecule has 134 valence electrons. The van der Waals surface area contributed by atoms with Crippen LogP contribution < -0.4 is 10.2 Å². The lowest BCUT2D eigenvalue weighted by atomic mass is 10.0. The topological polar surface area (TPSA) is 73.9 Å². The second kappa shape index (κ2) is 7.15. The van der Waals surface area contributed by atoms with Gasteiger partial charge >= 0.3 is 0 Å². The summed E-state index contributed by atoms with van der Waals surface area (Å²) in [6, 6.07) is 10.1. The van der Waals surface area contributed by atoms with Gasteiger partial charge in [-0.05, 0) is 37.5 Å². The van der Waals surface area contributed by atoms with E-state index in [-0.39, 0.29) is 11.9 Å². The van der Waals surface area contributed by atoms with Crippen LogP contribution in [0.4, 0.5) is 5.95 Å². The predicted molar refractivity (Wildman–Crippen MR) is 102 cm³/mol. The number of hydrogen-bond donors (Lipinski definition) is 2. The summed E-state index contributed by atoms with van der Waals surface area (Å²) >= 11 is 0. The second-order valence-electron chi connectivity index (χ2n) is 6.85. The molecule has 2 aromatic heterocycles. The normalized spacial score (nSPS) is 17.4. The summed E-state index contributed by atoms with van der Waals surface area (Å²) < 4.78 is 0. The number of para-hydroxylation sites is 1. The fourth-order valence-electron chi connectivity index (χ4n) is 3.73. The molecule has 0 bridgehead atoms. The molecule has 2 N–H and O–H groups in total. The number of aromatic nitrogens is 3. The third-order valence-corrected chi connectivity index (χ3v) is 4.99. The molecule has 1 unspecified atom stereocenters. The van der Waals surface area contributed by atoms with Crippen LogP contribution in [0.5, 0.6) is 0 Å². The SMILES string of the molecule is Cc1[nH]c2ccccc2c1CC(=O)NC1CCCN(c2ncccn2)C1. The van der Waals surface area contributed by atoms with Gasteiger partial charge in [-0.15, -0.1) is 0 Å². The van der Waals surface area contributed by atoms with Crippen molar-refractivity contribution in [2.75, 3.05) is 18.0 Å². The fraction of sp³-hybridized carbons (Fsp3) is 0.350. The van der Waals surface area contributed by atoms with Crippen LogP contribution in [0.3, 0.4) is 0 Å². The first-order valence-corrected chi connectivity index (χ1v) is 9.08. The maximum atomic E-state index is 12.6. The molecule has 1 atom stereocenters. The average molecular weight is 349 g/mol. The zero-order valence-electron chi connectivity index (χ0n) is 14.9. The van der Waals surface area contributed by atoms with Crippen LogP contribution in [0.2, 0.25) is 0 Å². The molecule has 1 aromatic carbocycles. The highest BCUT2D eigenvalue weighted by atomic mass is 16.1. The number of aryl methyl sites for hydroxylation is 1. The highest BCUT2D eigenvalue weighted by Crippen LogP contribution is 2.22. The molecule has 3 aromatic rings. The van der Waals surface area contributed by atoms with Crippen LogP contribution in [-0.2, 0) is 11.2 Å². The van der Waals surface area contributed by atoms with Gasteiger partial charge in [-0.25, -0.2) is 9.97 Å². The second-order valence-corrected chi connectivity index (χ2v) is 6.85. The van der Waals surface area contributed by atoms with E-state index >= 15 is 0 Å². The smallest absolute Gasteiger partial charge is 0.225 e. The highest BCUT2D eigenvalue weighted by Gasteiger charge is 2.23. The molecule has 1 saturated heterocycles. The molecule has 4 rings (SSSR count). The van der Waals surface area contributed by atoms with Gasteiger partial charge in [-0.1, -0.05) is 18.2 Å². The van der Waals surface area contributed by atoms with Crippen LogP contribution in [0.15, 0.2) is 42.7 Å². The van der Waals surface area contributed by atoms with E-state index in [1.807, 2.05) is 31.2 Å². The number of piperidine rings is 1. The summed E-state index contributed by atoms with van der Waals surface area (Å²) in [5.41, 5.74) is 3.22. The van der Waals surface area contributed by atoms with E-state index in [0.29, 0.717) is 6.42 Å². The van der Waals surface area contributed by atoms with Crippen LogP contribution >= 0.6 is 0 Å². The third-order valence-electron chi connectivity index (χ3n) is 4.99. The quantitative estimate of drug-likeness (QED) is 0.759. The Balaban J connectivity index is 1.42. The van der Waals surface area contributed by atoms with Gasteiger partial charge in [-0.2, -0.15) is 0 Å². The summed E-state index contributed by atoms with van der Waals surface area (Å²) in [5, 5.41) is 4.33.